The van der Waals surface area contributed by atoms with E-state index in [1.165, 1.54) is 17.3 Å². The zero-order valence-electron chi connectivity index (χ0n) is 18.9. The van der Waals surface area contributed by atoms with E-state index in [0.29, 0.717) is 18.1 Å². The van der Waals surface area contributed by atoms with E-state index in [1.54, 1.807) is 4.90 Å². The number of hydrogen-bond acceptors (Lipinski definition) is 7. The average molecular weight is 478 g/mol. The number of amides is 1. The van der Waals surface area contributed by atoms with Gasteiger partial charge in [0.05, 0.1) is 22.4 Å². The van der Waals surface area contributed by atoms with Crippen molar-refractivity contribution in [3.8, 4) is 5.69 Å². The first-order valence-corrected chi connectivity index (χ1v) is 13.9. The predicted octanol–water partition coefficient (Wildman–Crippen LogP) is 2.69. The van der Waals surface area contributed by atoms with E-state index < -0.39 is 15.1 Å². The normalized spacial score (nSPS) is 21.1. The van der Waals surface area contributed by atoms with Crippen molar-refractivity contribution in [3.05, 3.63) is 29.8 Å². The second-order valence-electron chi connectivity index (χ2n) is 8.59. The van der Waals surface area contributed by atoms with Crippen LogP contribution in [0, 0.1) is 6.92 Å². The molecule has 0 radical (unpaired) electrons. The molecule has 0 saturated carbocycles. The molecule has 0 spiro atoms. The number of anilines is 1. The second-order valence-corrected chi connectivity index (χ2v) is 12.1. The first-order chi connectivity index (χ1) is 15.3. The summed E-state index contributed by atoms with van der Waals surface area (Å²) < 4.78 is 25.9. The Hall–Kier alpha value is -2.07. The molecule has 0 bridgehead atoms. The number of aryl methyl sites for hydroxylation is 1. The molecule has 2 fully saturated rings. The Morgan fingerprint density at radius 1 is 1.22 bits per heavy atom. The summed E-state index contributed by atoms with van der Waals surface area (Å²) in [6.45, 7) is 8.21. The molecule has 3 heterocycles. The number of nitrogens with zero attached hydrogens (tertiary/aromatic N) is 5. The Bertz CT molecular complexity index is 1060. The van der Waals surface area contributed by atoms with Crippen molar-refractivity contribution in [2.24, 2.45) is 0 Å². The van der Waals surface area contributed by atoms with Gasteiger partial charge in [-0.3, -0.25) is 9.36 Å². The summed E-state index contributed by atoms with van der Waals surface area (Å²) in [5, 5.41) is 9.21. The lowest BCUT2D eigenvalue weighted by Gasteiger charge is -2.29. The Balaban J connectivity index is 1.59. The lowest BCUT2D eigenvalue weighted by molar-refractivity contribution is -0.131. The fourth-order valence-electron chi connectivity index (χ4n) is 4.44. The van der Waals surface area contributed by atoms with Gasteiger partial charge in [-0.1, -0.05) is 29.5 Å². The number of carbonyl (C=O) groups excluding carboxylic acids is 1. The van der Waals surface area contributed by atoms with Crippen LogP contribution in [0.5, 0.6) is 0 Å². The van der Waals surface area contributed by atoms with Crippen LogP contribution in [-0.4, -0.2) is 76.4 Å². The molecule has 0 N–H and O–H groups in total. The van der Waals surface area contributed by atoms with Gasteiger partial charge < -0.3 is 9.80 Å². The summed E-state index contributed by atoms with van der Waals surface area (Å²) in [6, 6.07) is 7.99. The van der Waals surface area contributed by atoms with Crippen LogP contribution >= 0.6 is 11.8 Å². The molecule has 1 aromatic carbocycles. The molecule has 4 rings (SSSR count). The van der Waals surface area contributed by atoms with Crippen molar-refractivity contribution in [1.82, 2.24) is 19.7 Å². The zero-order chi connectivity index (χ0) is 22.9. The highest BCUT2D eigenvalue weighted by molar-refractivity contribution is 8.00. The topological polar surface area (TPSA) is 88.4 Å². The molecular formula is C22H31N5O3S2. The van der Waals surface area contributed by atoms with Crippen molar-refractivity contribution in [3.63, 3.8) is 0 Å². The van der Waals surface area contributed by atoms with Crippen molar-refractivity contribution in [2.45, 2.75) is 56.5 Å². The monoisotopic (exact) mass is 477 g/mol. The number of thioether (sulfide) groups is 1. The SMILES string of the molecule is CCN(C(=O)C(C)Sc1nnc(N2CCCC2)n1-c1ccc(C)cc1)C1CCS(=O)(=O)C1. The van der Waals surface area contributed by atoms with Crippen LogP contribution in [0.4, 0.5) is 5.95 Å². The third-order valence-corrected chi connectivity index (χ3v) is 8.98. The summed E-state index contributed by atoms with van der Waals surface area (Å²) >= 11 is 1.38. The van der Waals surface area contributed by atoms with Gasteiger partial charge in [0.1, 0.15) is 0 Å². The smallest absolute Gasteiger partial charge is 0.236 e. The molecule has 0 aliphatic carbocycles. The third-order valence-electron chi connectivity index (χ3n) is 6.20. The lowest BCUT2D eigenvalue weighted by Crippen LogP contribution is -2.44. The standard InChI is InChI=1S/C22H31N5O3S2/c1-4-26(19-11-14-32(29,30)15-19)20(28)17(3)31-22-24-23-21(25-12-5-6-13-25)27(22)18-9-7-16(2)8-10-18/h7-10,17,19H,4-6,11-15H2,1-3H3. The average Bonchev–Trinajstić information content (AvgIpc) is 3.49. The number of hydrogen-bond donors (Lipinski definition) is 0. The molecule has 1 amide bonds. The highest BCUT2D eigenvalue weighted by atomic mass is 32.2. The van der Waals surface area contributed by atoms with E-state index in [2.05, 4.69) is 46.3 Å². The number of sulfone groups is 1. The van der Waals surface area contributed by atoms with Crippen molar-refractivity contribution >= 4 is 33.5 Å². The Morgan fingerprint density at radius 3 is 2.50 bits per heavy atom. The van der Waals surface area contributed by atoms with E-state index in [1.807, 2.05) is 18.4 Å². The van der Waals surface area contributed by atoms with E-state index in [9.17, 15) is 13.2 Å². The molecule has 2 unspecified atom stereocenters. The Kier molecular flexibility index (Phi) is 6.80. The molecule has 174 valence electrons. The van der Waals surface area contributed by atoms with Crippen LogP contribution in [0.3, 0.4) is 0 Å². The van der Waals surface area contributed by atoms with Gasteiger partial charge in [0.25, 0.3) is 0 Å². The van der Waals surface area contributed by atoms with Crippen LogP contribution in [0.1, 0.15) is 38.7 Å². The van der Waals surface area contributed by atoms with Crippen LogP contribution in [0.25, 0.3) is 5.69 Å². The van der Waals surface area contributed by atoms with Gasteiger partial charge in [0, 0.05) is 25.7 Å². The molecule has 2 aliphatic rings. The maximum absolute atomic E-state index is 13.3. The van der Waals surface area contributed by atoms with Gasteiger partial charge in [-0.15, -0.1) is 10.2 Å². The number of carbonyl (C=O) groups is 1. The van der Waals surface area contributed by atoms with Crippen LogP contribution in [0.15, 0.2) is 29.4 Å². The van der Waals surface area contributed by atoms with Gasteiger partial charge in [-0.05, 0) is 52.2 Å². The highest BCUT2D eigenvalue weighted by Gasteiger charge is 2.36. The van der Waals surface area contributed by atoms with Crippen molar-refractivity contribution in [2.75, 3.05) is 36.0 Å². The fraction of sp³-hybridized carbons (Fsp3) is 0.591. The van der Waals surface area contributed by atoms with E-state index in [-0.39, 0.29) is 23.5 Å². The predicted molar refractivity (Wildman–Crippen MR) is 127 cm³/mol. The summed E-state index contributed by atoms with van der Waals surface area (Å²) in [5.74, 6) is 0.968. The number of rotatable bonds is 7. The molecule has 10 heteroatoms. The molecule has 8 nitrogen and oxygen atoms in total. The minimum absolute atomic E-state index is 0.0548. The first kappa shape index (κ1) is 23.1. The quantitative estimate of drug-likeness (QED) is 0.567. The van der Waals surface area contributed by atoms with Crippen LogP contribution in [-0.2, 0) is 14.6 Å². The van der Waals surface area contributed by atoms with Gasteiger partial charge >= 0.3 is 0 Å². The molecule has 32 heavy (non-hydrogen) atoms. The minimum Gasteiger partial charge on any atom is -0.341 e. The number of benzene rings is 1. The maximum atomic E-state index is 13.3. The van der Waals surface area contributed by atoms with Crippen molar-refractivity contribution < 1.29 is 13.2 Å². The van der Waals surface area contributed by atoms with Gasteiger partial charge in [-0.25, -0.2) is 8.42 Å². The van der Waals surface area contributed by atoms with E-state index in [4.69, 9.17) is 0 Å². The summed E-state index contributed by atoms with van der Waals surface area (Å²) in [4.78, 5) is 17.2. The summed E-state index contributed by atoms with van der Waals surface area (Å²) in [5.41, 5.74) is 2.14. The van der Waals surface area contributed by atoms with Gasteiger partial charge in [-0.2, -0.15) is 0 Å². The van der Waals surface area contributed by atoms with Gasteiger partial charge in [0.2, 0.25) is 11.9 Å². The van der Waals surface area contributed by atoms with Crippen LogP contribution in [0.2, 0.25) is 0 Å². The molecule has 2 saturated heterocycles. The number of aromatic nitrogens is 3. The van der Waals surface area contributed by atoms with Crippen LogP contribution < -0.4 is 4.90 Å². The molecule has 1 aromatic heterocycles. The Morgan fingerprint density at radius 2 is 1.91 bits per heavy atom. The maximum Gasteiger partial charge on any atom is 0.236 e. The second kappa shape index (κ2) is 9.43. The minimum atomic E-state index is -3.05. The van der Waals surface area contributed by atoms with E-state index in [0.717, 1.165) is 37.6 Å². The fourth-order valence-corrected chi connectivity index (χ4v) is 7.10. The largest absolute Gasteiger partial charge is 0.341 e. The summed E-state index contributed by atoms with van der Waals surface area (Å²) in [6.07, 6.45) is 2.78. The molecule has 2 atom stereocenters. The van der Waals surface area contributed by atoms with Crippen molar-refractivity contribution in [1.29, 1.82) is 0 Å². The summed E-state index contributed by atoms with van der Waals surface area (Å²) in [7, 11) is -3.05. The zero-order valence-corrected chi connectivity index (χ0v) is 20.5. The third kappa shape index (κ3) is 4.80. The molecule has 2 aromatic rings. The molecule has 2 aliphatic heterocycles. The lowest BCUT2D eigenvalue weighted by atomic mass is 10.2. The van der Waals surface area contributed by atoms with Gasteiger partial charge in [0.15, 0.2) is 15.0 Å². The molecular weight excluding hydrogens is 446 g/mol. The Labute approximate surface area is 194 Å². The highest BCUT2D eigenvalue weighted by Crippen LogP contribution is 2.32. The van der Waals surface area contributed by atoms with E-state index >= 15 is 0 Å². The first-order valence-electron chi connectivity index (χ1n) is 11.2.